The maximum Gasteiger partial charge on any atom is 0.389 e. The SMILES string of the molecule is O=C(OS(=O)(=O)C(F)F)C(F)F. The first-order chi connectivity index (χ1) is 5.27. The lowest BCUT2D eigenvalue weighted by Crippen LogP contribution is -2.23. The number of carbonyl (C=O) groups is 1. The van der Waals surface area contributed by atoms with Crippen LogP contribution in [-0.4, -0.2) is 26.6 Å². The van der Waals surface area contributed by atoms with E-state index in [1.165, 1.54) is 0 Å². The van der Waals surface area contributed by atoms with Crippen molar-refractivity contribution in [1.82, 2.24) is 0 Å². The van der Waals surface area contributed by atoms with Crippen molar-refractivity contribution in [3.63, 3.8) is 0 Å². The van der Waals surface area contributed by atoms with Gasteiger partial charge >= 0.3 is 28.3 Å². The van der Waals surface area contributed by atoms with E-state index >= 15 is 0 Å². The molecule has 0 aliphatic heterocycles. The predicted molar refractivity (Wildman–Crippen MR) is 27.0 cm³/mol. The summed E-state index contributed by atoms with van der Waals surface area (Å²) in [4.78, 5) is 9.78. The van der Waals surface area contributed by atoms with E-state index in [0.29, 0.717) is 0 Å². The molecule has 0 saturated heterocycles. The fraction of sp³-hybridized carbons (Fsp3) is 0.667. The van der Waals surface area contributed by atoms with Crippen LogP contribution in [0.1, 0.15) is 0 Å². The van der Waals surface area contributed by atoms with Crippen LogP contribution in [0.5, 0.6) is 0 Å². The molecule has 0 spiro atoms. The van der Waals surface area contributed by atoms with Gasteiger partial charge in [-0.25, -0.2) is 4.79 Å². The van der Waals surface area contributed by atoms with Gasteiger partial charge in [0.2, 0.25) is 0 Å². The highest BCUT2D eigenvalue weighted by molar-refractivity contribution is 7.87. The minimum atomic E-state index is -5.51. The Bertz CT molecular complexity index is 257. The summed E-state index contributed by atoms with van der Waals surface area (Å²) in [6.07, 6.45) is -3.75. The highest BCUT2D eigenvalue weighted by Gasteiger charge is 2.32. The van der Waals surface area contributed by atoms with Crippen LogP contribution < -0.4 is 0 Å². The minimum absolute atomic E-state index is 2.52. The van der Waals surface area contributed by atoms with Crippen molar-refractivity contribution in [2.24, 2.45) is 0 Å². The Hall–Kier alpha value is -0.860. The molecule has 0 saturated carbocycles. The van der Waals surface area contributed by atoms with Crippen molar-refractivity contribution in [3.05, 3.63) is 0 Å². The molecular formula is C3H2F4O4S. The predicted octanol–water partition coefficient (Wildman–Crippen LogP) is 0.347. The van der Waals surface area contributed by atoms with Crippen molar-refractivity contribution < 1.29 is 35.0 Å². The van der Waals surface area contributed by atoms with Crippen LogP contribution >= 0.6 is 0 Å². The Balaban J connectivity index is 4.38. The van der Waals surface area contributed by atoms with Gasteiger partial charge in [0.05, 0.1) is 0 Å². The van der Waals surface area contributed by atoms with Gasteiger partial charge in [0, 0.05) is 0 Å². The number of rotatable bonds is 3. The Morgan fingerprint density at radius 3 is 1.83 bits per heavy atom. The molecule has 4 nitrogen and oxygen atoms in total. The van der Waals surface area contributed by atoms with E-state index < -0.39 is 28.3 Å². The van der Waals surface area contributed by atoms with Crippen LogP contribution in [0, 0.1) is 0 Å². The first kappa shape index (κ1) is 11.1. The zero-order chi connectivity index (χ0) is 9.94. The molecule has 0 radical (unpaired) electrons. The van der Waals surface area contributed by atoms with E-state index in [-0.39, 0.29) is 0 Å². The van der Waals surface area contributed by atoms with Crippen LogP contribution in [-0.2, 0) is 19.1 Å². The van der Waals surface area contributed by atoms with Crippen LogP contribution in [0.25, 0.3) is 0 Å². The first-order valence-electron chi connectivity index (χ1n) is 2.31. The summed E-state index contributed by atoms with van der Waals surface area (Å²) in [5.74, 6) is -6.53. The lowest BCUT2D eigenvalue weighted by atomic mass is 10.7. The van der Waals surface area contributed by atoms with Crippen molar-refractivity contribution in [2.45, 2.75) is 12.2 Å². The molecule has 72 valence electrons. The summed E-state index contributed by atoms with van der Waals surface area (Å²) in [5.41, 5.74) is 0. The normalized spacial score (nSPS) is 12.2. The molecule has 0 aromatic heterocycles. The van der Waals surface area contributed by atoms with Crippen LogP contribution in [0.15, 0.2) is 0 Å². The van der Waals surface area contributed by atoms with E-state index in [0.717, 1.165) is 0 Å². The summed E-state index contributed by atoms with van der Waals surface area (Å²) in [7, 11) is -5.51. The topological polar surface area (TPSA) is 60.4 Å². The maximum atomic E-state index is 11.3. The molecule has 0 aromatic rings. The molecule has 0 aliphatic carbocycles. The van der Waals surface area contributed by atoms with E-state index in [4.69, 9.17) is 0 Å². The van der Waals surface area contributed by atoms with E-state index in [1.54, 1.807) is 0 Å². The van der Waals surface area contributed by atoms with E-state index in [9.17, 15) is 30.8 Å². The van der Waals surface area contributed by atoms with Gasteiger partial charge in [-0.15, -0.1) is 0 Å². The molecule has 0 N–H and O–H groups in total. The lowest BCUT2D eigenvalue weighted by molar-refractivity contribution is -0.146. The second kappa shape index (κ2) is 3.70. The molecular weight excluding hydrogens is 208 g/mol. The van der Waals surface area contributed by atoms with Crippen molar-refractivity contribution in [2.75, 3.05) is 0 Å². The standard InChI is InChI=1S/C3H2F4O4S/c4-1(5)2(8)11-12(9,10)3(6)7/h1,3H. The van der Waals surface area contributed by atoms with Crippen LogP contribution in [0.4, 0.5) is 17.6 Å². The molecule has 0 aromatic carbocycles. The quantitative estimate of drug-likeness (QED) is 0.498. The lowest BCUT2D eigenvalue weighted by Gasteiger charge is -2.02. The average Bonchev–Trinajstić information content (AvgIpc) is 1.85. The number of hydrogen-bond acceptors (Lipinski definition) is 4. The molecule has 9 heteroatoms. The van der Waals surface area contributed by atoms with Gasteiger partial charge in [0.1, 0.15) is 0 Å². The fourth-order valence-corrected chi connectivity index (χ4v) is 0.562. The van der Waals surface area contributed by atoms with Gasteiger partial charge in [0.15, 0.2) is 0 Å². The van der Waals surface area contributed by atoms with Crippen molar-refractivity contribution in [3.8, 4) is 0 Å². The first-order valence-corrected chi connectivity index (χ1v) is 3.78. The molecule has 12 heavy (non-hydrogen) atoms. The average molecular weight is 210 g/mol. The second-order valence-electron chi connectivity index (χ2n) is 1.46. The van der Waals surface area contributed by atoms with E-state index in [1.807, 2.05) is 0 Å². The monoisotopic (exact) mass is 210 g/mol. The molecule has 0 bridgehead atoms. The molecule has 0 heterocycles. The number of halogens is 4. The zero-order valence-electron chi connectivity index (χ0n) is 5.21. The number of hydrogen-bond donors (Lipinski definition) is 0. The largest absolute Gasteiger partial charge is 0.389 e. The summed E-state index contributed by atoms with van der Waals surface area (Å²) in [6, 6.07) is 0. The molecule has 0 aliphatic rings. The van der Waals surface area contributed by atoms with Crippen LogP contribution in [0.3, 0.4) is 0 Å². The number of carbonyl (C=O) groups excluding carboxylic acids is 1. The Kier molecular flexibility index (Phi) is 3.43. The highest BCUT2D eigenvalue weighted by Crippen LogP contribution is 2.09. The van der Waals surface area contributed by atoms with Gasteiger partial charge in [-0.2, -0.15) is 26.0 Å². The minimum Gasteiger partial charge on any atom is -0.336 e. The van der Waals surface area contributed by atoms with Gasteiger partial charge in [-0.1, -0.05) is 0 Å². The molecule has 0 amide bonds. The van der Waals surface area contributed by atoms with E-state index in [2.05, 4.69) is 4.18 Å². The fourth-order valence-electron chi connectivity index (χ4n) is 0.187. The smallest absolute Gasteiger partial charge is 0.336 e. The maximum absolute atomic E-state index is 11.3. The van der Waals surface area contributed by atoms with Crippen molar-refractivity contribution >= 4 is 16.1 Å². The highest BCUT2D eigenvalue weighted by atomic mass is 32.2. The third-order valence-electron chi connectivity index (χ3n) is 0.595. The van der Waals surface area contributed by atoms with Crippen LogP contribution in [0.2, 0.25) is 0 Å². The van der Waals surface area contributed by atoms with Gasteiger partial charge in [-0.05, 0) is 0 Å². The third-order valence-corrected chi connectivity index (χ3v) is 1.43. The Morgan fingerprint density at radius 2 is 1.58 bits per heavy atom. The second-order valence-corrected chi connectivity index (χ2v) is 2.97. The molecule has 0 rings (SSSR count). The summed E-state index contributed by atoms with van der Waals surface area (Å²) < 4.78 is 67.8. The number of alkyl halides is 4. The van der Waals surface area contributed by atoms with Gasteiger partial charge in [-0.3, -0.25) is 0 Å². The summed E-state index contributed by atoms with van der Waals surface area (Å²) in [5, 5.41) is 0. The Morgan fingerprint density at radius 1 is 1.17 bits per heavy atom. The van der Waals surface area contributed by atoms with Crippen molar-refractivity contribution in [1.29, 1.82) is 0 Å². The zero-order valence-corrected chi connectivity index (χ0v) is 6.02. The summed E-state index contributed by atoms with van der Waals surface area (Å²) in [6.45, 7) is 0. The summed E-state index contributed by atoms with van der Waals surface area (Å²) >= 11 is 0. The van der Waals surface area contributed by atoms with Gasteiger partial charge < -0.3 is 4.18 Å². The molecule has 0 fully saturated rings. The molecule has 0 unspecified atom stereocenters. The third kappa shape index (κ3) is 3.03. The molecule has 0 atom stereocenters. The Labute approximate surface area is 64.2 Å². The van der Waals surface area contributed by atoms with Gasteiger partial charge in [0.25, 0.3) is 0 Å².